The zero-order valence-corrected chi connectivity index (χ0v) is 15.1. The highest BCUT2D eigenvalue weighted by Gasteiger charge is 2.49. The molecule has 4 rings (SSSR count). The number of hydrogen-bond acceptors (Lipinski definition) is 5. The van der Waals surface area contributed by atoms with E-state index in [1.807, 2.05) is 12.3 Å². The predicted octanol–water partition coefficient (Wildman–Crippen LogP) is 2.65. The van der Waals surface area contributed by atoms with E-state index in [4.69, 9.17) is 14.2 Å². The highest BCUT2D eigenvalue weighted by atomic mass is 16.5. The van der Waals surface area contributed by atoms with E-state index < -0.39 is 0 Å². The van der Waals surface area contributed by atoms with Gasteiger partial charge in [0, 0.05) is 58.0 Å². The molecule has 3 aliphatic rings. The summed E-state index contributed by atoms with van der Waals surface area (Å²) in [6.07, 6.45) is 9.56. The van der Waals surface area contributed by atoms with Crippen molar-refractivity contribution in [2.24, 2.45) is 5.92 Å². The van der Waals surface area contributed by atoms with Crippen molar-refractivity contribution in [3.05, 3.63) is 30.1 Å². The third kappa shape index (κ3) is 4.40. The molecule has 1 unspecified atom stereocenters. The Labute approximate surface area is 150 Å². The first-order chi connectivity index (χ1) is 12.3. The molecule has 0 bridgehead atoms. The van der Waals surface area contributed by atoms with Gasteiger partial charge in [-0.1, -0.05) is 6.07 Å². The van der Waals surface area contributed by atoms with Crippen molar-refractivity contribution in [3.63, 3.8) is 0 Å². The number of hydrogen-bond donors (Lipinski definition) is 0. The van der Waals surface area contributed by atoms with Crippen molar-refractivity contribution in [1.82, 2.24) is 9.88 Å². The minimum Gasteiger partial charge on any atom is -0.381 e. The molecule has 0 radical (unpaired) electrons. The average Bonchev–Trinajstić information content (AvgIpc) is 2.65. The fourth-order valence-electron chi connectivity index (χ4n) is 4.52. The molecule has 3 aliphatic heterocycles. The third-order valence-corrected chi connectivity index (χ3v) is 5.95. The van der Waals surface area contributed by atoms with Crippen LogP contribution in [-0.2, 0) is 20.8 Å². The number of aromatic nitrogens is 1. The van der Waals surface area contributed by atoms with Gasteiger partial charge in [-0.15, -0.1) is 0 Å². The summed E-state index contributed by atoms with van der Waals surface area (Å²) >= 11 is 0. The molecule has 1 aromatic heterocycles. The Bertz CT molecular complexity index is 527. The molecule has 25 heavy (non-hydrogen) atoms. The molecule has 0 aromatic carbocycles. The van der Waals surface area contributed by atoms with E-state index in [1.165, 1.54) is 25.7 Å². The van der Waals surface area contributed by atoms with Gasteiger partial charge in [0.2, 0.25) is 0 Å². The van der Waals surface area contributed by atoms with Gasteiger partial charge in [0.1, 0.15) is 0 Å². The van der Waals surface area contributed by atoms with Crippen LogP contribution in [0.3, 0.4) is 0 Å². The van der Waals surface area contributed by atoms with E-state index in [1.54, 1.807) is 6.20 Å². The lowest BCUT2D eigenvalue weighted by Crippen LogP contribution is -2.68. The first-order valence-electron chi connectivity index (χ1n) is 9.75. The largest absolute Gasteiger partial charge is 0.381 e. The van der Waals surface area contributed by atoms with Gasteiger partial charge in [0.15, 0.2) is 0 Å². The summed E-state index contributed by atoms with van der Waals surface area (Å²) in [7, 11) is 0. The van der Waals surface area contributed by atoms with Gasteiger partial charge in [-0.3, -0.25) is 9.88 Å². The summed E-state index contributed by atoms with van der Waals surface area (Å²) in [5, 5.41) is 0. The van der Waals surface area contributed by atoms with Crippen LogP contribution in [0.5, 0.6) is 0 Å². The second-order valence-corrected chi connectivity index (χ2v) is 7.84. The Morgan fingerprint density at radius 2 is 2.08 bits per heavy atom. The second kappa shape index (κ2) is 8.12. The van der Waals surface area contributed by atoms with Crippen molar-refractivity contribution < 1.29 is 14.2 Å². The van der Waals surface area contributed by atoms with Gasteiger partial charge in [-0.05, 0) is 49.7 Å². The van der Waals surface area contributed by atoms with Crippen molar-refractivity contribution in [2.75, 3.05) is 39.5 Å². The van der Waals surface area contributed by atoms with Crippen LogP contribution in [0, 0.1) is 5.92 Å². The van der Waals surface area contributed by atoms with Gasteiger partial charge in [0.05, 0.1) is 12.2 Å². The molecule has 5 heteroatoms. The smallest absolute Gasteiger partial charge is 0.0937 e. The van der Waals surface area contributed by atoms with Crippen LogP contribution < -0.4 is 0 Å². The normalized spacial score (nSPS) is 27.3. The Hall–Kier alpha value is -1.01. The van der Waals surface area contributed by atoms with E-state index in [-0.39, 0.29) is 5.60 Å². The molecule has 0 N–H and O–H groups in total. The molecule has 1 atom stereocenters. The number of ether oxygens (including phenoxy) is 3. The summed E-state index contributed by atoms with van der Waals surface area (Å²) in [6, 6.07) is 4.74. The molecule has 5 nitrogen and oxygen atoms in total. The monoisotopic (exact) mass is 346 g/mol. The lowest BCUT2D eigenvalue weighted by Gasteiger charge is -2.56. The number of likely N-dealkylation sites (tertiary alicyclic amines) is 1. The molecular weight excluding hydrogens is 316 g/mol. The fourth-order valence-corrected chi connectivity index (χ4v) is 4.52. The van der Waals surface area contributed by atoms with Gasteiger partial charge in [-0.2, -0.15) is 0 Å². The summed E-state index contributed by atoms with van der Waals surface area (Å²) in [6.45, 7) is 6.49. The minimum atomic E-state index is 0.130. The van der Waals surface area contributed by atoms with Crippen LogP contribution in [0.4, 0.5) is 0 Å². The summed E-state index contributed by atoms with van der Waals surface area (Å²) in [5.74, 6) is 0.736. The van der Waals surface area contributed by atoms with E-state index in [0.29, 0.717) is 12.6 Å². The third-order valence-electron chi connectivity index (χ3n) is 5.95. The van der Waals surface area contributed by atoms with E-state index >= 15 is 0 Å². The Morgan fingerprint density at radius 1 is 1.20 bits per heavy atom. The van der Waals surface area contributed by atoms with Gasteiger partial charge >= 0.3 is 0 Å². The minimum absolute atomic E-state index is 0.130. The maximum atomic E-state index is 6.21. The molecule has 3 fully saturated rings. The molecule has 1 aromatic rings. The summed E-state index contributed by atoms with van der Waals surface area (Å²) < 4.78 is 17.5. The summed E-state index contributed by atoms with van der Waals surface area (Å²) in [4.78, 5) is 6.74. The van der Waals surface area contributed by atoms with Crippen LogP contribution in [0.15, 0.2) is 24.5 Å². The molecule has 1 spiro atoms. The molecule has 3 saturated heterocycles. The van der Waals surface area contributed by atoms with Crippen molar-refractivity contribution >= 4 is 0 Å². The van der Waals surface area contributed by atoms with Crippen LogP contribution in [0.2, 0.25) is 0 Å². The molecular formula is C20H30N2O3. The maximum absolute atomic E-state index is 6.21. The van der Waals surface area contributed by atoms with Crippen LogP contribution in [0.25, 0.3) is 0 Å². The lowest BCUT2D eigenvalue weighted by molar-refractivity contribution is -0.195. The number of nitrogens with zero attached hydrogens (tertiary/aromatic N) is 2. The number of pyridine rings is 1. The molecule has 0 aliphatic carbocycles. The van der Waals surface area contributed by atoms with Gasteiger partial charge in [-0.25, -0.2) is 0 Å². The zero-order chi connectivity index (χ0) is 17.0. The van der Waals surface area contributed by atoms with Crippen molar-refractivity contribution in [3.8, 4) is 0 Å². The summed E-state index contributed by atoms with van der Waals surface area (Å²) in [5.41, 5.74) is 1.28. The Kier molecular flexibility index (Phi) is 5.66. The maximum Gasteiger partial charge on any atom is 0.0937 e. The van der Waals surface area contributed by atoms with E-state index in [9.17, 15) is 0 Å². The van der Waals surface area contributed by atoms with E-state index in [2.05, 4.69) is 16.0 Å². The van der Waals surface area contributed by atoms with Crippen LogP contribution >= 0.6 is 0 Å². The topological polar surface area (TPSA) is 43.8 Å². The highest BCUT2D eigenvalue weighted by Crippen LogP contribution is 2.40. The average molecular weight is 346 g/mol. The SMILES string of the molecule is c1cncc(COCCC2CCOC3(C2)CN(C2CCOCC2)C3)c1. The molecule has 0 saturated carbocycles. The second-order valence-electron chi connectivity index (χ2n) is 7.84. The van der Waals surface area contributed by atoms with Crippen LogP contribution in [-0.4, -0.2) is 61.0 Å². The van der Waals surface area contributed by atoms with Gasteiger partial charge in [0.25, 0.3) is 0 Å². The van der Waals surface area contributed by atoms with Crippen molar-refractivity contribution in [2.45, 2.75) is 50.4 Å². The highest BCUT2D eigenvalue weighted by molar-refractivity contribution is 5.06. The van der Waals surface area contributed by atoms with Crippen molar-refractivity contribution in [1.29, 1.82) is 0 Å². The Balaban J connectivity index is 1.17. The first kappa shape index (κ1) is 17.4. The van der Waals surface area contributed by atoms with E-state index in [0.717, 1.165) is 57.4 Å². The standard InChI is InChI=1S/C20H30N2O3/c1-2-18(13-21-7-1)14-24-8-3-17-4-11-25-20(12-17)15-22(16-20)19-5-9-23-10-6-19/h1-2,7,13,17,19H,3-6,8-12,14-16H2. The molecule has 4 heterocycles. The molecule has 0 amide bonds. The first-order valence-corrected chi connectivity index (χ1v) is 9.75. The van der Waals surface area contributed by atoms with Gasteiger partial charge < -0.3 is 14.2 Å². The fraction of sp³-hybridized carbons (Fsp3) is 0.750. The Morgan fingerprint density at radius 3 is 2.88 bits per heavy atom. The number of rotatable bonds is 6. The van der Waals surface area contributed by atoms with Crippen LogP contribution in [0.1, 0.15) is 37.7 Å². The predicted molar refractivity (Wildman–Crippen MR) is 95.3 cm³/mol. The quantitative estimate of drug-likeness (QED) is 0.741. The molecule has 138 valence electrons. The zero-order valence-electron chi connectivity index (χ0n) is 15.1. The lowest BCUT2D eigenvalue weighted by atomic mass is 9.78.